The summed E-state index contributed by atoms with van der Waals surface area (Å²) in [5, 5.41) is 7.06. The Labute approximate surface area is 111 Å². The summed E-state index contributed by atoms with van der Waals surface area (Å²) in [6, 6.07) is 7.83. The molecule has 4 N–H and O–H groups in total. The van der Waals surface area contributed by atoms with Crippen molar-refractivity contribution in [2.75, 3.05) is 17.6 Å². The van der Waals surface area contributed by atoms with Gasteiger partial charge in [0, 0.05) is 29.0 Å². The Morgan fingerprint density at radius 2 is 2.21 bits per heavy atom. The number of nitrogens with zero attached hydrogens (tertiary/aromatic N) is 1. The van der Waals surface area contributed by atoms with Crippen molar-refractivity contribution in [2.45, 2.75) is 18.9 Å². The van der Waals surface area contributed by atoms with E-state index >= 15 is 0 Å². The minimum atomic E-state index is 0.0305. The molecule has 1 heterocycles. The van der Waals surface area contributed by atoms with Crippen molar-refractivity contribution in [3.63, 3.8) is 0 Å². The van der Waals surface area contributed by atoms with Gasteiger partial charge in [-0.25, -0.2) is 0 Å². The third-order valence-corrected chi connectivity index (χ3v) is 3.15. The minimum Gasteiger partial charge on any atom is -0.399 e. The van der Waals surface area contributed by atoms with Crippen molar-refractivity contribution in [3.8, 4) is 0 Å². The van der Waals surface area contributed by atoms with Crippen LogP contribution in [0.3, 0.4) is 0 Å². The topological polar surface area (TPSA) is 80.0 Å². The van der Waals surface area contributed by atoms with Crippen LogP contribution in [0.25, 0.3) is 10.9 Å². The Kier molecular flexibility index (Phi) is 2.95. The summed E-state index contributed by atoms with van der Waals surface area (Å²) in [4.78, 5) is 15.9. The quantitative estimate of drug-likeness (QED) is 0.724. The molecule has 1 aromatic heterocycles. The van der Waals surface area contributed by atoms with Gasteiger partial charge in [0.15, 0.2) is 0 Å². The highest BCUT2D eigenvalue weighted by Gasteiger charge is 2.22. The average Bonchev–Trinajstić information content (AvgIpc) is 3.19. The van der Waals surface area contributed by atoms with Gasteiger partial charge in [0.1, 0.15) is 0 Å². The van der Waals surface area contributed by atoms with Crippen LogP contribution in [0, 0.1) is 0 Å². The third kappa shape index (κ3) is 2.76. The highest BCUT2D eigenvalue weighted by molar-refractivity contribution is 5.94. The average molecular weight is 256 g/mol. The predicted octanol–water partition coefficient (Wildman–Crippen LogP) is 1.51. The van der Waals surface area contributed by atoms with Gasteiger partial charge in [-0.05, 0) is 37.1 Å². The second-order valence-corrected chi connectivity index (χ2v) is 4.83. The van der Waals surface area contributed by atoms with Crippen LogP contribution >= 0.6 is 0 Å². The lowest BCUT2D eigenvalue weighted by Crippen LogP contribution is -2.31. The molecular formula is C14H16N4O. The first kappa shape index (κ1) is 11.8. The van der Waals surface area contributed by atoms with E-state index in [-0.39, 0.29) is 12.5 Å². The van der Waals surface area contributed by atoms with Crippen LogP contribution < -0.4 is 16.4 Å². The Morgan fingerprint density at radius 3 is 3.00 bits per heavy atom. The largest absolute Gasteiger partial charge is 0.399 e. The summed E-state index contributed by atoms with van der Waals surface area (Å²) in [7, 11) is 0. The fourth-order valence-corrected chi connectivity index (χ4v) is 2.00. The molecule has 0 spiro atoms. The number of fused-ring (bicyclic) bond motifs is 1. The lowest BCUT2D eigenvalue weighted by Gasteiger charge is -2.09. The molecule has 5 nitrogen and oxygen atoms in total. The molecule has 0 unspecified atom stereocenters. The van der Waals surface area contributed by atoms with Crippen LogP contribution in [0.2, 0.25) is 0 Å². The number of anilines is 2. The van der Waals surface area contributed by atoms with Crippen molar-refractivity contribution >= 4 is 28.2 Å². The second kappa shape index (κ2) is 4.76. The Balaban J connectivity index is 1.74. The number of nitrogens with one attached hydrogen (secondary N) is 2. The van der Waals surface area contributed by atoms with E-state index in [1.807, 2.05) is 24.3 Å². The molecule has 2 aromatic rings. The normalized spacial score (nSPS) is 14.3. The summed E-state index contributed by atoms with van der Waals surface area (Å²) < 4.78 is 0. The van der Waals surface area contributed by atoms with Crippen LogP contribution in [0.15, 0.2) is 30.5 Å². The molecule has 1 aromatic carbocycles. The number of nitrogens with two attached hydrogens (primary N) is 1. The molecule has 1 fully saturated rings. The minimum absolute atomic E-state index is 0.0305. The fraction of sp³-hybridized carbons (Fsp3) is 0.286. The van der Waals surface area contributed by atoms with E-state index in [9.17, 15) is 4.79 Å². The SMILES string of the molecule is Nc1ccc2c(NCC(=O)NC3CC3)ccnc2c1. The van der Waals surface area contributed by atoms with E-state index in [4.69, 9.17) is 5.73 Å². The molecule has 3 rings (SSSR count). The zero-order chi connectivity index (χ0) is 13.2. The first-order valence-corrected chi connectivity index (χ1v) is 6.40. The number of aromatic nitrogens is 1. The number of carbonyl (C=O) groups is 1. The van der Waals surface area contributed by atoms with Crippen LogP contribution in [-0.2, 0) is 4.79 Å². The smallest absolute Gasteiger partial charge is 0.239 e. The molecule has 98 valence electrons. The van der Waals surface area contributed by atoms with E-state index in [2.05, 4.69) is 15.6 Å². The maximum Gasteiger partial charge on any atom is 0.239 e. The van der Waals surface area contributed by atoms with E-state index in [0.29, 0.717) is 11.7 Å². The van der Waals surface area contributed by atoms with E-state index < -0.39 is 0 Å². The van der Waals surface area contributed by atoms with Crippen LogP contribution in [0.5, 0.6) is 0 Å². The van der Waals surface area contributed by atoms with Crippen LogP contribution in [-0.4, -0.2) is 23.5 Å². The van der Waals surface area contributed by atoms with Gasteiger partial charge in [0.05, 0.1) is 12.1 Å². The first-order valence-electron chi connectivity index (χ1n) is 6.40. The zero-order valence-corrected chi connectivity index (χ0v) is 10.5. The summed E-state index contributed by atoms with van der Waals surface area (Å²) in [5.41, 5.74) is 8.14. The summed E-state index contributed by atoms with van der Waals surface area (Å²) in [6.45, 7) is 0.278. The van der Waals surface area contributed by atoms with Gasteiger partial charge in [-0.3, -0.25) is 9.78 Å². The molecule has 0 aliphatic heterocycles. The number of pyridine rings is 1. The van der Waals surface area contributed by atoms with E-state index in [1.165, 1.54) is 0 Å². The molecule has 0 saturated heterocycles. The standard InChI is InChI=1S/C14H16N4O/c15-9-1-4-11-12(5-6-16-13(11)7-9)17-8-14(19)18-10-2-3-10/h1,4-7,10H,2-3,8,15H2,(H,16,17)(H,18,19). The molecular weight excluding hydrogens is 240 g/mol. The van der Waals surface area contributed by atoms with Crippen LogP contribution in [0.1, 0.15) is 12.8 Å². The lowest BCUT2D eigenvalue weighted by molar-refractivity contribution is -0.119. The van der Waals surface area contributed by atoms with E-state index in [0.717, 1.165) is 29.4 Å². The first-order chi connectivity index (χ1) is 9.22. The molecule has 1 saturated carbocycles. The van der Waals surface area contributed by atoms with Crippen molar-refractivity contribution < 1.29 is 4.79 Å². The van der Waals surface area contributed by atoms with Gasteiger partial charge < -0.3 is 16.4 Å². The second-order valence-electron chi connectivity index (χ2n) is 4.83. The zero-order valence-electron chi connectivity index (χ0n) is 10.5. The molecule has 1 aliphatic carbocycles. The van der Waals surface area contributed by atoms with Crippen molar-refractivity contribution in [1.82, 2.24) is 10.3 Å². The summed E-state index contributed by atoms with van der Waals surface area (Å²) in [6.07, 6.45) is 3.91. The number of amides is 1. The molecule has 0 bridgehead atoms. The van der Waals surface area contributed by atoms with Gasteiger partial charge in [0.2, 0.25) is 5.91 Å². The maximum absolute atomic E-state index is 11.6. The van der Waals surface area contributed by atoms with Crippen LogP contribution in [0.4, 0.5) is 11.4 Å². The summed E-state index contributed by atoms with van der Waals surface area (Å²) in [5.74, 6) is 0.0305. The molecule has 1 amide bonds. The molecule has 0 radical (unpaired) electrons. The third-order valence-electron chi connectivity index (χ3n) is 3.15. The summed E-state index contributed by atoms with van der Waals surface area (Å²) >= 11 is 0. The monoisotopic (exact) mass is 256 g/mol. The number of benzene rings is 1. The Morgan fingerprint density at radius 1 is 1.37 bits per heavy atom. The fourth-order valence-electron chi connectivity index (χ4n) is 2.00. The maximum atomic E-state index is 11.6. The molecule has 0 atom stereocenters. The number of carbonyl (C=O) groups excluding carboxylic acids is 1. The molecule has 1 aliphatic rings. The highest BCUT2D eigenvalue weighted by atomic mass is 16.2. The van der Waals surface area contributed by atoms with Gasteiger partial charge >= 0.3 is 0 Å². The number of rotatable bonds is 4. The van der Waals surface area contributed by atoms with Gasteiger partial charge in [-0.15, -0.1) is 0 Å². The highest BCUT2D eigenvalue weighted by Crippen LogP contribution is 2.23. The Hall–Kier alpha value is -2.30. The van der Waals surface area contributed by atoms with Crippen molar-refractivity contribution in [3.05, 3.63) is 30.5 Å². The molecule has 19 heavy (non-hydrogen) atoms. The van der Waals surface area contributed by atoms with E-state index in [1.54, 1.807) is 6.20 Å². The van der Waals surface area contributed by atoms with Gasteiger partial charge in [0.25, 0.3) is 0 Å². The number of hydrogen-bond donors (Lipinski definition) is 3. The lowest BCUT2D eigenvalue weighted by atomic mass is 10.1. The van der Waals surface area contributed by atoms with Gasteiger partial charge in [-0.2, -0.15) is 0 Å². The van der Waals surface area contributed by atoms with Crippen molar-refractivity contribution in [2.24, 2.45) is 0 Å². The predicted molar refractivity (Wildman–Crippen MR) is 75.8 cm³/mol. The number of hydrogen-bond acceptors (Lipinski definition) is 4. The van der Waals surface area contributed by atoms with Crippen molar-refractivity contribution in [1.29, 1.82) is 0 Å². The Bertz CT molecular complexity index is 622. The number of nitrogen functional groups attached to an aromatic ring is 1. The van der Waals surface area contributed by atoms with Gasteiger partial charge in [-0.1, -0.05) is 0 Å². The molecule has 5 heteroatoms.